The van der Waals surface area contributed by atoms with Crippen molar-refractivity contribution in [2.75, 3.05) is 7.11 Å². The SMILES string of the molecule is COC(=O)c1cc2c(=O)n([C@H](C)c3ccc(F)cc3)ccc2nc1C. The monoisotopic (exact) mass is 340 g/mol. The van der Waals surface area contributed by atoms with Gasteiger partial charge in [0, 0.05) is 6.20 Å². The Kier molecular flexibility index (Phi) is 4.35. The van der Waals surface area contributed by atoms with Crippen LogP contribution in [0.5, 0.6) is 0 Å². The van der Waals surface area contributed by atoms with E-state index in [1.807, 2.05) is 6.92 Å². The summed E-state index contributed by atoms with van der Waals surface area (Å²) in [6, 6.07) is 8.95. The van der Waals surface area contributed by atoms with Gasteiger partial charge in [0.15, 0.2) is 0 Å². The number of rotatable bonds is 3. The lowest BCUT2D eigenvalue weighted by atomic mass is 10.1. The molecule has 128 valence electrons. The highest BCUT2D eigenvalue weighted by Crippen LogP contribution is 2.19. The van der Waals surface area contributed by atoms with Crippen LogP contribution >= 0.6 is 0 Å². The van der Waals surface area contributed by atoms with Gasteiger partial charge in [0.05, 0.1) is 35.3 Å². The fourth-order valence-electron chi connectivity index (χ4n) is 2.80. The van der Waals surface area contributed by atoms with Crippen molar-refractivity contribution < 1.29 is 13.9 Å². The third kappa shape index (κ3) is 3.03. The predicted octanol–water partition coefficient (Wildman–Crippen LogP) is 3.24. The van der Waals surface area contributed by atoms with Gasteiger partial charge in [-0.3, -0.25) is 9.78 Å². The average Bonchev–Trinajstić information content (AvgIpc) is 2.61. The number of benzene rings is 1. The molecule has 1 atom stereocenters. The van der Waals surface area contributed by atoms with Gasteiger partial charge in [-0.15, -0.1) is 0 Å². The number of fused-ring (bicyclic) bond motifs is 1. The summed E-state index contributed by atoms with van der Waals surface area (Å²) in [7, 11) is 1.28. The van der Waals surface area contributed by atoms with Gasteiger partial charge in [-0.2, -0.15) is 0 Å². The van der Waals surface area contributed by atoms with E-state index in [0.29, 0.717) is 16.6 Å². The molecular formula is C19H17FN2O3. The second kappa shape index (κ2) is 6.47. The minimum atomic E-state index is -0.534. The summed E-state index contributed by atoms with van der Waals surface area (Å²) >= 11 is 0. The zero-order valence-electron chi connectivity index (χ0n) is 14.1. The van der Waals surface area contributed by atoms with Crippen molar-refractivity contribution in [3.05, 3.63) is 75.6 Å². The first-order valence-corrected chi connectivity index (χ1v) is 7.78. The van der Waals surface area contributed by atoms with Gasteiger partial charge in [0.2, 0.25) is 0 Å². The first-order valence-electron chi connectivity index (χ1n) is 7.78. The van der Waals surface area contributed by atoms with Crippen LogP contribution in [0.15, 0.2) is 47.4 Å². The predicted molar refractivity (Wildman–Crippen MR) is 92.3 cm³/mol. The number of carbonyl (C=O) groups is 1. The van der Waals surface area contributed by atoms with E-state index >= 15 is 0 Å². The summed E-state index contributed by atoms with van der Waals surface area (Å²) in [5.41, 5.74) is 1.81. The molecule has 0 bridgehead atoms. The van der Waals surface area contributed by atoms with E-state index in [1.54, 1.807) is 31.3 Å². The highest BCUT2D eigenvalue weighted by molar-refractivity contribution is 5.94. The van der Waals surface area contributed by atoms with Gasteiger partial charge in [0.1, 0.15) is 5.82 Å². The van der Waals surface area contributed by atoms with Crippen LogP contribution in [0.1, 0.15) is 34.6 Å². The van der Waals surface area contributed by atoms with Crippen LogP contribution in [-0.4, -0.2) is 22.6 Å². The summed E-state index contributed by atoms with van der Waals surface area (Å²) in [5, 5.41) is 0.336. The summed E-state index contributed by atoms with van der Waals surface area (Å²) in [6.45, 7) is 3.54. The number of methoxy groups -OCH3 is 1. The molecule has 0 aliphatic heterocycles. The molecule has 3 aromatic rings. The van der Waals surface area contributed by atoms with Crippen LogP contribution in [-0.2, 0) is 4.74 Å². The zero-order chi connectivity index (χ0) is 18.1. The molecule has 1 aromatic carbocycles. The Morgan fingerprint density at radius 3 is 2.56 bits per heavy atom. The smallest absolute Gasteiger partial charge is 0.339 e. The molecule has 0 saturated heterocycles. The number of carbonyl (C=O) groups excluding carboxylic acids is 1. The fourth-order valence-corrected chi connectivity index (χ4v) is 2.80. The molecule has 3 rings (SSSR count). The molecule has 0 N–H and O–H groups in total. The van der Waals surface area contributed by atoms with Gasteiger partial charge in [0.25, 0.3) is 5.56 Å². The molecule has 0 amide bonds. The molecular weight excluding hydrogens is 323 g/mol. The molecule has 0 aliphatic rings. The Bertz CT molecular complexity index is 1010. The van der Waals surface area contributed by atoms with Crippen LogP contribution in [0, 0.1) is 12.7 Å². The van der Waals surface area contributed by atoms with Crippen LogP contribution in [0.3, 0.4) is 0 Å². The zero-order valence-corrected chi connectivity index (χ0v) is 14.1. The number of nitrogens with zero attached hydrogens (tertiary/aromatic N) is 2. The third-order valence-electron chi connectivity index (χ3n) is 4.28. The van der Waals surface area contributed by atoms with Crippen molar-refractivity contribution >= 4 is 16.9 Å². The van der Waals surface area contributed by atoms with E-state index in [1.165, 1.54) is 29.9 Å². The number of halogens is 1. The lowest BCUT2D eigenvalue weighted by Crippen LogP contribution is -2.24. The molecule has 0 radical (unpaired) electrons. The van der Waals surface area contributed by atoms with Crippen molar-refractivity contribution in [3.63, 3.8) is 0 Å². The first kappa shape index (κ1) is 16.8. The second-order valence-electron chi connectivity index (χ2n) is 5.80. The Labute approximate surface area is 143 Å². The lowest BCUT2D eigenvalue weighted by Gasteiger charge is -2.16. The average molecular weight is 340 g/mol. The molecule has 0 spiro atoms. The van der Waals surface area contributed by atoms with E-state index in [4.69, 9.17) is 4.74 Å². The quantitative estimate of drug-likeness (QED) is 0.687. The van der Waals surface area contributed by atoms with Crippen molar-refractivity contribution in [2.45, 2.75) is 19.9 Å². The second-order valence-corrected chi connectivity index (χ2v) is 5.80. The number of aromatic nitrogens is 2. The molecule has 25 heavy (non-hydrogen) atoms. The summed E-state index contributed by atoms with van der Waals surface area (Å²) in [6.07, 6.45) is 1.66. The maximum Gasteiger partial charge on any atom is 0.339 e. The van der Waals surface area contributed by atoms with E-state index < -0.39 is 5.97 Å². The normalized spacial score (nSPS) is 12.2. The molecule has 0 saturated carbocycles. The number of hydrogen-bond acceptors (Lipinski definition) is 4. The summed E-state index contributed by atoms with van der Waals surface area (Å²) < 4.78 is 19.4. The van der Waals surface area contributed by atoms with E-state index in [9.17, 15) is 14.0 Å². The lowest BCUT2D eigenvalue weighted by molar-refractivity contribution is 0.0599. The van der Waals surface area contributed by atoms with Crippen molar-refractivity contribution in [2.24, 2.45) is 0 Å². The molecule has 2 heterocycles. The fraction of sp³-hybridized carbons (Fsp3) is 0.211. The van der Waals surface area contributed by atoms with Gasteiger partial charge >= 0.3 is 5.97 Å². The largest absolute Gasteiger partial charge is 0.465 e. The molecule has 6 heteroatoms. The Hall–Kier alpha value is -3.02. The molecule has 2 aromatic heterocycles. The van der Waals surface area contributed by atoms with Crippen LogP contribution < -0.4 is 5.56 Å². The maximum atomic E-state index is 13.1. The van der Waals surface area contributed by atoms with Crippen molar-refractivity contribution in [1.82, 2.24) is 9.55 Å². The minimum Gasteiger partial charge on any atom is -0.465 e. The van der Waals surface area contributed by atoms with E-state index in [2.05, 4.69) is 4.98 Å². The van der Waals surface area contributed by atoms with Crippen LogP contribution in [0.4, 0.5) is 4.39 Å². The van der Waals surface area contributed by atoms with Gasteiger partial charge in [-0.1, -0.05) is 12.1 Å². The highest BCUT2D eigenvalue weighted by Gasteiger charge is 2.16. The topological polar surface area (TPSA) is 61.2 Å². The third-order valence-corrected chi connectivity index (χ3v) is 4.28. The molecule has 0 aliphatic carbocycles. The number of hydrogen-bond donors (Lipinski definition) is 0. The Morgan fingerprint density at radius 2 is 1.92 bits per heavy atom. The highest BCUT2D eigenvalue weighted by atomic mass is 19.1. The first-order chi connectivity index (χ1) is 11.9. The van der Waals surface area contributed by atoms with Crippen LogP contribution in [0.2, 0.25) is 0 Å². The van der Waals surface area contributed by atoms with Gasteiger partial charge < -0.3 is 9.30 Å². The number of pyridine rings is 2. The Morgan fingerprint density at radius 1 is 1.24 bits per heavy atom. The van der Waals surface area contributed by atoms with E-state index in [-0.39, 0.29) is 23.0 Å². The minimum absolute atomic E-state index is 0.263. The summed E-state index contributed by atoms with van der Waals surface area (Å²) in [4.78, 5) is 29.1. The van der Waals surface area contributed by atoms with Crippen molar-refractivity contribution in [1.29, 1.82) is 0 Å². The van der Waals surface area contributed by atoms with Gasteiger partial charge in [-0.25, -0.2) is 9.18 Å². The maximum absolute atomic E-state index is 13.1. The van der Waals surface area contributed by atoms with Gasteiger partial charge in [-0.05, 0) is 43.7 Å². The van der Waals surface area contributed by atoms with Crippen molar-refractivity contribution in [3.8, 4) is 0 Å². The summed E-state index contributed by atoms with van der Waals surface area (Å²) in [5.74, 6) is -0.863. The van der Waals surface area contributed by atoms with Crippen LogP contribution in [0.25, 0.3) is 10.9 Å². The standard InChI is InChI=1S/C19H17FN2O3/c1-11-15(19(24)25-3)10-16-17(21-11)8-9-22(18(16)23)12(2)13-4-6-14(20)7-5-13/h4-10,12H,1-3H3/t12-/m1/s1. The molecule has 5 nitrogen and oxygen atoms in total. The molecule has 0 unspecified atom stereocenters. The van der Waals surface area contributed by atoms with E-state index in [0.717, 1.165) is 5.56 Å². The molecule has 0 fully saturated rings. The Balaban J connectivity index is 2.16. The number of esters is 1. The number of aryl methyl sites for hydroxylation is 1. The number of ether oxygens (including phenoxy) is 1.